The van der Waals surface area contributed by atoms with E-state index in [2.05, 4.69) is 11.4 Å². The van der Waals surface area contributed by atoms with Crippen molar-refractivity contribution < 1.29 is 14.3 Å². The van der Waals surface area contributed by atoms with Gasteiger partial charge in [0.1, 0.15) is 5.69 Å². The van der Waals surface area contributed by atoms with E-state index in [1.54, 1.807) is 4.68 Å². The highest BCUT2D eigenvalue weighted by molar-refractivity contribution is 5.93. The molecule has 4 aromatic carbocycles. The van der Waals surface area contributed by atoms with Gasteiger partial charge in [-0.3, -0.25) is 9.59 Å². The van der Waals surface area contributed by atoms with Crippen molar-refractivity contribution in [2.24, 2.45) is 0 Å². The highest BCUT2D eigenvalue weighted by atomic mass is 16.5. The maximum atomic E-state index is 12.7. The number of nitrogens with one attached hydrogen (secondary N) is 1. The number of rotatable bonds is 8. The minimum absolute atomic E-state index is 0.0983. The van der Waals surface area contributed by atoms with Crippen molar-refractivity contribution >= 4 is 23.3 Å². The van der Waals surface area contributed by atoms with Crippen LogP contribution in [0.15, 0.2) is 97.1 Å². The highest BCUT2D eigenvalue weighted by Crippen LogP contribution is 2.42. The van der Waals surface area contributed by atoms with E-state index in [4.69, 9.17) is 9.84 Å². The Morgan fingerprint density at radius 2 is 1.52 bits per heavy atom. The SMILES string of the molecule is CC(=O)Oc1c(-c2ccc(NC(=O)Cc3ccccc3)cc2)c(-c2ccc(N(C)C)cc2)nn1-c1ccc(C)cc1C. The molecule has 0 saturated carbocycles. The number of ether oxygens (including phenoxy) is 1. The van der Waals surface area contributed by atoms with Gasteiger partial charge in [0, 0.05) is 38.0 Å². The fourth-order valence-electron chi connectivity index (χ4n) is 4.93. The molecule has 5 aromatic rings. The second kappa shape index (κ2) is 12.1. The molecule has 42 heavy (non-hydrogen) atoms. The van der Waals surface area contributed by atoms with Crippen LogP contribution < -0.4 is 15.0 Å². The van der Waals surface area contributed by atoms with Crippen molar-refractivity contribution in [3.63, 3.8) is 0 Å². The molecule has 5 rings (SSSR count). The van der Waals surface area contributed by atoms with Crippen LogP contribution >= 0.6 is 0 Å². The van der Waals surface area contributed by atoms with Crippen molar-refractivity contribution in [2.75, 3.05) is 24.3 Å². The topological polar surface area (TPSA) is 76.5 Å². The molecule has 0 saturated heterocycles. The maximum absolute atomic E-state index is 12.7. The Hall–Kier alpha value is -5.17. The number of esters is 1. The van der Waals surface area contributed by atoms with Gasteiger partial charge in [-0.15, -0.1) is 0 Å². The highest BCUT2D eigenvalue weighted by Gasteiger charge is 2.25. The number of hydrogen-bond donors (Lipinski definition) is 1. The van der Waals surface area contributed by atoms with Gasteiger partial charge < -0.3 is 15.0 Å². The van der Waals surface area contributed by atoms with Gasteiger partial charge >= 0.3 is 5.97 Å². The summed E-state index contributed by atoms with van der Waals surface area (Å²) in [6.45, 7) is 5.44. The van der Waals surface area contributed by atoms with Gasteiger partial charge in [0.15, 0.2) is 0 Å². The van der Waals surface area contributed by atoms with E-state index in [1.807, 2.05) is 124 Å². The van der Waals surface area contributed by atoms with Gasteiger partial charge in [-0.25, -0.2) is 0 Å². The molecule has 0 aliphatic rings. The molecular formula is C35H34N4O3. The molecule has 0 unspecified atom stereocenters. The van der Waals surface area contributed by atoms with Crippen LogP contribution in [0.3, 0.4) is 0 Å². The van der Waals surface area contributed by atoms with Crippen molar-refractivity contribution in [1.29, 1.82) is 0 Å². The lowest BCUT2D eigenvalue weighted by Gasteiger charge is -2.13. The third-order valence-corrected chi connectivity index (χ3v) is 6.99. The normalized spacial score (nSPS) is 10.8. The van der Waals surface area contributed by atoms with Crippen molar-refractivity contribution in [3.05, 3.63) is 114 Å². The number of carbonyl (C=O) groups excluding carboxylic acids is 2. The number of aromatic nitrogens is 2. The molecule has 1 N–H and O–H groups in total. The second-order valence-electron chi connectivity index (χ2n) is 10.6. The predicted molar refractivity (Wildman–Crippen MR) is 168 cm³/mol. The van der Waals surface area contributed by atoms with Crippen molar-refractivity contribution in [2.45, 2.75) is 27.2 Å². The zero-order chi connectivity index (χ0) is 29.8. The Bertz CT molecular complexity index is 1720. The van der Waals surface area contributed by atoms with Crippen LogP contribution in [-0.2, 0) is 16.0 Å². The molecule has 7 nitrogen and oxygen atoms in total. The summed E-state index contributed by atoms with van der Waals surface area (Å²) in [6.07, 6.45) is 0.287. The average Bonchev–Trinajstić information content (AvgIpc) is 3.32. The van der Waals surface area contributed by atoms with Crippen LogP contribution in [0.2, 0.25) is 0 Å². The van der Waals surface area contributed by atoms with Crippen molar-refractivity contribution in [1.82, 2.24) is 9.78 Å². The predicted octanol–water partition coefficient (Wildman–Crippen LogP) is 7.00. The Morgan fingerprint density at radius 1 is 0.857 bits per heavy atom. The number of hydrogen-bond acceptors (Lipinski definition) is 5. The lowest BCUT2D eigenvalue weighted by molar-refractivity contribution is -0.132. The first-order chi connectivity index (χ1) is 20.2. The standard InChI is InChI=1S/C35H34N4O3/c1-23-11-20-31(24(2)21-23)39-35(42-25(3)40)33(34(37-39)28-14-18-30(19-15-28)38(4)5)27-12-16-29(17-13-27)36-32(41)22-26-9-7-6-8-10-26/h6-21H,22H2,1-5H3,(H,36,41). The Labute approximate surface area is 246 Å². The molecule has 0 fully saturated rings. The summed E-state index contributed by atoms with van der Waals surface area (Å²) in [4.78, 5) is 27.1. The largest absolute Gasteiger partial charge is 0.407 e. The molecule has 7 heteroatoms. The minimum atomic E-state index is -0.443. The van der Waals surface area contributed by atoms with Gasteiger partial charge in [0.25, 0.3) is 0 Å². The summed E-state index contributed by atoms with van der Waals surface area (Å²) in [5.41, 5.74) is 8.67. The van der Waals surface area contributed by atoms with E-state index in [0.29, 0.717) is 22.8 Å². The Balaban J connectivity index is 1.59. The van der Waals surface area contributed by atoms with Gasteiger partial charge in [-0.1, -0.05) is 72.3 Å². The van der Waals surface area contributed by atoms with Crippen LogP contribution in [0.4, 0.5) is 11.4 Å². The molecule has 1 heterocycles. The Morgan fingerprint density at radius 3 is 2.14 bits per heavy atom. The van der Waals surface area contributed by atoms with Gasteiger partial charge in [0.05, 0.1) is 17.7 Å². The molecule has 212 valence electrons. The van der Waals surface area contributed by atoms with E-state index in [-0.39, 0.29) is 12.3 Å². The zero-order valence-corrected chi connectivity index (χ0v) is 24.5. The number of amides is 1. The number of carbonyl (C=O) groups is 2. The summed E-state index contributed by atoms with van der Waals surface area (Å²) in [5, 5.41) is 7.99. The van der Waals surface area contributed by atoms with E-state index in [0.717, 1.165) is 39.2 Å². The number of nitrogens with zero attached hydrogens (tertiary/aromatic N) is 3. The summed E-state index contributed by atoms with van der Waals surface area (Å²) in [5.74, 6) is -0.206. The van der Waals surface area contributed by atoms with Gasteiger partial charge in [-0.05, 0) is 60.9 Å². The van der Waals surface area contributed by atoms with Gasteiger partial charge in [0.2, 0.25) is 11.8 Å². The van der Waals surface area contributed by atoms with E-state index in [9.17, 15) is 9.59 Å². The lowest BCUT2D eigenvalue weighted by Crippen LogP contribution is -2.14. The van der Waals surface area contributed by atoms with Crippen LogP contribution in [0.5, 0.6) is 5.88 Å². The quantitative estimate of drug-likeness (QED) is 0.208. The smallest absolute Gasteiger partial charge is 0.309 e. The molecule has 1 amide bonds. The first kappa shape index (κ1) is 28.4. The first-order valence-corrected chi connectivity index (χ1v) is 13.8. The summed E-state index contributed by atoms with van der Waals surface area (Å²) in [7, 11) is 3.99. The average molecular weight is 559 g/mol. The third-order valence-electron chi connectivity index (χ3n) is 6.99. The van der Waals surface area contributed by atoms with Gasteiger partial charge in [-0.2, -0.15) is 9.78 Å². The molecule has 0 bridgehead atoms. The maximum Gasteiger partial charge on any atom is 0.309 e. The van der Waals surface area contributed by atoms with E-state index >= 15 is 0 Å². The second-order valence-corrected chi connectivity index (χ2v) is 10.6. The summed E-state index contributed by atoms with van der Waals surface area (Å²) >= 11 is 0. The van der Waals surface area contributed by atoms with E-state index < -0.39 is 5.97 Å². The lowest BCUT2D eigenvalue weighted by atomic mass is 10.0. The number of aryl methyl sites for hydroxylation is 2. The minimum Gasteiger partial charge on any atom is -0.407 e. The monoisotopic (exact) mass is 558 g/mol. The molecule has 1 aromatic heterocycles. The van der Waals surface area contributed by atoms with Crippen LogP contribution in [0, 0.1) is 13.8 Å². The summed E-state index contributed by atoms with van der Waals surface area (Å²) in [6, 6.07) is 31.3. The Kier molecular flexibility index (Phi) is 8.20. The fraction of sp³-hybridized carbons (Fsp3) is 0.171. The third kappa shape index (κ3) is 6.25. The van der Waals surface area contributed by atoms with Crippen LogP contribution in [0.25, 0.3) is 28.1 Å². The molecule has 0 radical (unpaired) electrons. The first-order valence-electron chi connectivity index (χ1n) is 13.8. The zero-order valence-electron chi connectivity index (χ0n) is 24.5. The number of anilines is 2. The van der Waals surface area contributed by atoms with E-state index in [1.165, 1.54) is 6.92 Å². The molecule has 0 spiro atoms. The summed E-state index contributed by atoms with van der Waals surface area (Å²) < 4.78 is 7.58. The molecule has 0 aliphatic carbocycles. The van der Waals surface area contributed by atoms with Crippen molar-refractivity contribution in [3.8, 4) is 34.0 Å². The molecule has 0 aliphatic heterocycles. The molecule has 0 atom stereocenters. The molecular weight excluding hydrogens is 524 g/mol. The van der Waals surface area contributed by atoms with Crippen LogP contribution in [-0.4, -0.2) is 35.8 Å². The fourth-order valence-corrected chi connectivity index (χ4v) is 4.93. The number of benzene rings is 4. The van der Waals surface area contributed by atoms with Crippen LogP contribution in [0.1, 0.15) is 23.6 Å².